The third kappa shape index (κ3) is 5.58. The predicted octanol–water partition coefficient (Wildman–Crippen LogP) is 3.86. The Morgan fingerprint density at radius 3 is 2.48 bits per heavy atom. The van der Waals surface area contributed by atoms with Gasteiger partial charge in [0.2, 0.25) is 5.91 Å². The molecule has 3 rings (SSSR count). The number of hydrogen-bond acceptors (Lipinski definition) is 7. The number of amides is 3. The van der Waals surface area contributed by atoms with Crippen LogP contribution in [0.15, 0.2) is 47.4 Å². The number of nitrogens with zero attached hydrogens (tertiary/aromatic N) is 1. The first-order valence-corrected chi connectivity index (χ1v) is 10.5. The van der Waals surface area contributed by atoms with Gasteiger partial charge < -0.3 is 19.9 Å². The van der Waals surface area contributed by atoms with Crippen LogP contribution < -0.4 is 14.8 Å². The molecule has 1 aliphatic rings. The summed E-state index contributed by atoms with van der Waals surface area (Å²) in [5.74, 6) is -0.0968. The predicted molar refractivity (Wildman–Crippen MR) is 118 cm³/mol. The maximum atomic E-state index is 12.6. The second-order valence-corrected chi connectivity index (χ2v) is 7.43. The Kier molecular flexibility index (Phi) is 7.19. The number of imide groups is 1. The van der Waals surface area contributed by atoms with Crippen LogP contribution in [0.2, 0.25) is 0 Å². The summed E-state index contributed by atoms with van der Waals surface area (Å²) in [4.78, 5) is 38.3. The standard InChI is InChI=1S/C22H22N2O6S/c1-3-29-16-8-6-15(7-9-16)23-20(26)13-24-21(27)19(31-22(24)28)12-14-5-10-17(25)18(11-14)30-4-2/h5-12,25H,3-4,13H2,1-2H3,(H,23,26)/b19-12-. The van der Waals surface area contributed by atoms with Crippen LogP contribution in [0, 0.1) is 0 Å². The third-order valence-electron chi connectivity index (χ3n) is 4.21. The van der Waals surface area contributed by atoms with Gasteiger partial charge in [0.05, 0.1) is 18.1 Å². The summed E-state index contributed by atoms with van der Waals surface area (Å²) >= 11 is 0.754. The molecule has 1 aliphatic heterocycles. The van der Waals surface area contributed by atoms with E-state index >= 15 is 0 Å². The van der Waals surface area contributed by atoms with Crippen molar-refractivity contribution in [3.05, 3.63) is 52.9 Å². The van der Waals surface area contributed by atoms with E-state index in [1.54, 1.807) is 43.3 Å². The van der Waals surface area contributed by atoms with Crippen LogP contribution in [0.4, 0.5) is 10.5 Å². The maximum Gasteiger partial charge on any atom is 0.294 e. The maximum absolute atomic E-state index is 12.6. The lowest BCUT2D eigenvalue weighted by atomic mass is 10.2. The fourth-order valence-electron chi connectivity index (χ4n) is 2.82. The number of carbonyl (C=O) groups excluding carboxylic acids is 3. The van der Waals surface area contributed by atoms with Crippen molar-refractivity contribution in [3.63, 3.8) is 0 Å². The third-order valence-corrected chi connectivity index (χ3v) is 5.11. The molecule has 0 aliphatic carbocycles. The van der Waals surface area contributed by atoms with Gasteiger partial charge in [0.25, 0.3) is 11.1 Å². The lowest BCUT2D eigenvalue weighted by Gasteiger charge is -2.12. The van der Waals surface area contributed by atoms with Crippen molar-refractivity contribution >= 4 is 40.6 Å². The van der Waals surface area contributed by atoms with Gasteiger partial charge in [-0.2, -0.15) is 0 Å². The van der Waals surface area contributed by atoms with Gasteiger partial charge in [0.1, 0.15) is 12.3 Å². The molecule has 0 unspecified atom stereocenters. The van der Waals surface area contributed by atoms with Gasteiger partial charge in [-0.3, -0.25) is 19.3 Å². The van der Waals surface area contributed by atoms with Crippen molar-refractivity contribution in [2.75, 3.05) is 25.1 Å². The van der Waals surface area contributed by atoms with Crippen LogP contribution in [-0.2, 0) is 9.59 Å². The Labute approximate surface area is 183 Å². The molecule has 1 fully saturated rings. The molecule has 0 bridgehead atoms. The number of rotatable bonds is 8. The van der Waals surface area contributed by atoms with Gasteiger partial charge in [-0.25, -0.2) is 0 Å². The molecule has 2 aromatic rings. The number of aromatic hydroxyl groups is 1. The first-order valence-electron chi connectivity index (χ1n) is 9.65. The number of phenolic OH excluding ortho intramolecular Hbond substituents is 1. The summed E-state index contributed by atoms with van der Waals surface area (Å²) in [5, 5.41) is 11.9. The van der Waals surface area contributed by atoms with Gasteiger partial charge in [-0.05, 0) is 73.6 Å². The molecule has 2 aromatic carbocycles. The minimum Gasteiger partial charge on any atom is -0.504 e. The summed E-state index contributed by atoms with van der Waals surface area (Å²) in [6.07, 6.45) is 1.53. The topological polar surface area (TPSA) is 105 Å². The highest BCUT2D eigenvalue weighted by Gasteiger charge is 2.36. The molecule has 0 radical (unpaired) electrons. The number of anilines is 1. The zero-order chi connectivity index (χ0) is 22.4. The summed E-state index contributed by atoms with van der Waals surface area (Å²) < 4.78 is 10.7. The number of nitrogens with one attached hydrogen (secondary N) is 1. The van der Waals surface area contributed by atoms with Crippen molar-refractivity contribution in [2.45, 2.75) is 13.8 Å². The Bertz CT molecular complexity index is 1020. The lowest BCUT2D eigenvalue weighted by molar-refractivity contribution is -0.127. The Hall–Kier alpha value is -3.46. The van der Waals surface area contributed by atoms with Crippen LogP contribution in [0.1, 0.15) is 19.4 Å². The molecule has 31 heavy (non-hydrogen) atoms. The fourth-order valence-corrected chi connectivity index (χ4v) is 3.66. The Morgan fingerprint density at radius 1 is 1.10 bits per heavy atom. The fraction of sp³-hybridized carbons (Fsp3) is 0.227. The van der Waals surface area contributed by atoms with E-state index in [1.165, 1.54) is 12.1 Å². The van der Waals surface area contributed by atoms with E-state index < -0.39 is 23.6 Å². The molecule has 2 N–H and O–H groups in total. The molecule has 8 nitrogen and oxygen atoms in total. The highest BCUT2D eigenvalue weighted by Crippen LogP contribution is 2.34. The Balaban J connectivity index is 1.66. The van der Waals surface area contributed by atoms with Crippen molar-refractivity contribution in [1.82, 2.24) is 4.90 Å². The number of hydrogen-bond donors (Lipinski definition) is 2. The zero-order valence-electron chi connectivity index (χ0n) is 17.1. The minimum atomic E-state index is -0.553. The number of phenols is 1. The largest absolute Gasteiger partial charge is 0.504 e. The smallest absolute Gasteiger partial charge is 0.294 e. The van der Waals surface area contributed by atoms with E-state index in [1.807, 2.05) is 6.92 Å². The van der Waals surface area contributed by atoms with Crippen LogP contribution in [0.5, 0.6) is 17.2 Å². The average molecular weight is 442 g/mol. The Morgan fingerprint density at radius 2 is 1.81 bits per heavy atom. The van der Waals surface area contributed by atoms with Gasteiger partial charge in [-0.1, -0.05) is 6.07 Å². The van der Waals surface area contributed by atoms with Crippen molar-refractivity contribution in [2.24, 2.45) is 0 Å². The van der Waals surface area contributed by atoms with E-state index in [4.69, 9.17) is 9.47 Å². The van der Waals surface area contributed by atoms with Crippen molar-refractivity contribution in [1.29, 1.82) is 0 Å². The lowest BCUT2D eigenvalue weighted by Crippen LogP contribution is -2.36. The molecule has 3 amide bonds. The second-order valence-electron chi connectivity index (χ2n) is 6.43. The van der Waals surface area contributed by atoms with Crippen LogP contribution in [0.25, 0.3) is 6.08 Å². The van der Waals surface area contributed by atoms with E-state index in [9.17, 15) is 19.5 Å². The zero-order valence-corrected chi connectivity index (χ0v) is 17.9. The molecule has 1 saturated heterocycles. The SMILES string of the molecule is CCOc1ccc(NC(=O)CN2C(=O)S/C(=C\c3ccc(O)c(OCC)c3)C2=O)cc1. The minimum absolute atomic E-state index is 0.0157. The summed E-state index contributed by atoms with van der Waals surface area (Å²) in [5.41, 5.74) is 1.12. The van der Waals surface area contributed by atoms with E-state index in [-0.39, 0.29) is 16.4 Å². The van der Waals surface area contributed by atoms with Crippen molar-refractivity contribution in [3.8, 4) is 17.2 Å². The monoisotopic (exact) mass is 442 g/mol. The van der Waals surface area contributed by atoms with Gasteiger partial charge >= 0.3 is 0 Å². The molecule has 162 valence electrons. The molecule has 9 heteroatoms. The van der Waals surface area contributed by atoms with Gasteiger partial charge in [-0.15, -0.1) is 0 Å². The average Bonchev–Trinajstić information content (AvgIpc) is 2.99. The molecular weight excluding hydrogens is 420 g/mol. The summed E-state index contributed by atoms with van der Waals surface area (Å²) in [7, 11) is 0. The number of benzene rings is 2. The highest BCUT2D eigenvalue weighted by molar-refractivity contribution is 8.18. The van der Waals surface area contributed by atoms with Crippen LogP contribution in [0.3, 0.4) is 0 Å². The van der Waals surface area contributed by atoms with Crippen molar-refractivity contribution < 1.29 is 29.0 Å². The number of carbonyl (C=O) groups is 3. The highest BCUT2D eigenvalue weighted by atomic mass is 32.2. The molecule has 0 spiro atoms. The molecule has 0 atom stereocenters. The second kappa shape index (κ2) is 10.0. The van der Waals surface area contributed by atoms with E-state index in [2.05, 4.69) is 5.32 Å². The number of ether oxygens (including phenoxy) is 2. The normalized spacial score (nSPS) is 14.8. The van der Waals surface area contributed by atoms with Gasteiger partial charge in [0, 0.05) is 5.69 Å². The van der Waals surface area contributed by atoms with Crippen LogP contribution in [-0.4, -0.2) is 46.8 Å². The quantitative estimate of drug-likeness (QED) is 0.598. The summed E-state index contributed by atoms with van der Waals surface area (Å²) in [6.45, 7) is 4.18. The number of thioether (sulfide) groups is 1. The first-order chi connectivity index (χ1) is 14.9. The molecular formula is C22H22N2O6S. The summed E-state index contributed by atoms with van der Waals surface area (Å²) in [6, 6.07) is 11.4. The molecule has 1 heterocycles. The van der Waals surface area contributed by atoms with Gasteiger partial charge in [0.15, 0.2) is 11.5 Å². The van der Waals surface area contributed by atoms with E-state index in [0.29, 0.717) is 30.2 Å². The van der Waals surface area contributed by atoms with E-state index in [0.717, 1.165) is 16.7 Å². The van der Waals surface area contributed by atoms with Crippen LogP contribution >= 0.6 is 11.8 Å². The molecule has 0 aromatic heterocycles. The molecule has 0 saturated carbocycles. The first kappa shape index (κ1) is 22.2.